The SMILES string of the molecule is CCC[C](Oc1c(-c2cc(OC)c(OC)c(OC)c2)oc2cc(OC)cc(OC)c2c1=O)C(C)(C)C. The molecule has 0 spiro atoms. The van der Waals surface area contributed by atoms with Crippen molar-refractivity contribution < 1.29 is 32.8 Å². The molecule has 0 unspecified atom stereocenters. The summed E-state index contributed by atoms with van der Waals surface area (Å²) in [4.78, 5) is 14.0. The molecule has 0 amide bonds. The lowest BCUT2D eigenvalue weighted by molar-refractivity contribution is 0.181. The Morgan fingerprint density at radius 1 is 0.806 bits per heavy atom. The molecule has 0 saturated carbocycles. The minimum atomic E-state index is -0.364. The zero-order chi connectivity index (χ0) is 26.6. The van der Waals surface area contributed by atoms with Gasteiger partial charge in [0.15, 0.2) is 23.4 Å². The summed E-state index contributed by atoms with van der Waals surface area (Å²) in [5, 5.41) is 0.259. The number of hydrogen-bond acceptors (Lipinski definition) is 8. The Labute approximate surface area is 212 Å². The van der Waals surface area contributed by atoms with Crippen molar-refractivity contribution in [3.63, 3.8) is 0 Å². The summed E-state index contributed by atoms with van der Waals surface area (Å²) < 4.78 is 40.2. The molecule has 0 saturated heterocycles. The Kier molecular flexibility index (Phi) is 8.28. The second-order valence-corrected chi connectivity index (χ2v) is 9.23. The maximum absolute atomic E-state index is 14.0. The largest absolute Gasteiger partial charge is 0.496 e. The molecule has 0 N–H and O–H groups in total. The van der Waals surface area contributed by atoms with Crippen LogP contribution in [0, 0.1) is 11.5 Å². The molecule has 1 heterocycles. The second kappa shape index (κ2) is 11.0. The van der Waals surface area contributed by atoms with E-state index in [1.807, 2.05) is 20.8 Å². The van der Waals surface area contributed by atoms with Gasteiger partial charge in [-0.2, -0.15) is 0 Å². The van der Waals surface area contributed by atoms with E-state index < -0.39 is 0 Å². The first-order valence-corrected chi connectivity index (χ1v) is 11.7. The Bertz CT molecular complexity index is 1240. The summed E-state index contributed by atoms with van der Waals surface area (Å²) in [6.45, 7) is 8.20. The van der Waals surface area contributed by atoms with Crippen LogP contribution in [0.4, 0.5) is 0 Å². The van der Waals surface area contributed by atoms with Gasteiger partial charge in [-0.3, -0.25) is 4.79 Å². The predicted molar refractivity (Wildman–Crippen MR) is 139 cm³/mol. The zero-order valence-corrected chi connectivity index (χ0v) is 22.5. The van der Waals surface area contributed by atoms with E-state index in [-0.39, 0.29) is 27.7 Å². The van der Waals surface area contributed by atoms with Gasteiger partial charge in [0.2, 0.25) is 16.9 Å². The lowest BCUT2D eigenvalue weighted by Gasteiger charge is -2.30. The normalized spacial score (nSPS) is 11.5. The molecule has 1 aromatic heterocycles. The van der Waals surface area contributed by atoms with E-state index in [0.29, 0.717) is 46.3 Å². The van der Waals surface area contributed by atoms with Crippen molar-refractivity contribution >= 4 is 11.0 Å². The lowest BCUT2D eigenvalue weighted by atomic mass is 9.86. The molecule has 0 fully saturated rings. The summed E-state index contributed by atoms with van der Waals surface area (Å²) in [5.74, 6) is 2.34. The van der Waals surface area contributed by atoms with Gasteiger partial charge < -0.3 is 32.8 Å². The third-order valence-electron chi connectivity index (χ3n) is 5.81. The van der Waals surface area contributed by atoms with E-state index in [9.17, 15) is 4.79 Å². The molecule has 1 radical (unpaired) electrons. The first-order valence-electron chi connectivity index (χ1n) is 11.7. The van der Waals surface area contributed by atoms with Crippen molar-refractivity contribution in [3.05, 3.63) is 40.6 Å². The van der Waals surface area contributed by atoms with Crippen molar-refractivity contribution in [2.45, 2.75) is 40.5 Å². The van der Waals surface area contributed by atoms with Gasteiger partial charge in [-0.1, -0.05) is 34.1 Å². The molecule has 8 nitrogen and oxygen atoms in total. The first-order chi connectivity index (χ1) is 17.1. The number of hydrogen-bond donors (Lipinski definition) is 0. The van der Waals surface area contributed by atoms with Crippen LogP contribution in [0.2, 0.25) is 0 Å². The van der Waals surface area contributed by atoms with Crippen LogP contribution in [0.1, 0.15) is 40.5 Å². The van der Waals surface area contributed by atoms with Crippen molar-refractivity contribution in [2.75, 3.05) is 35.5 Å². The van der Waals surface area contributed by atoms with Crippen LogP contribution in [0.25, 0.3) is 22.3 Å². The second-order valence-electron chi connectivity index (χ2n) is 9.23. The van der Waals surface area contributed by atoms with Crippen LogP contribution >= 0.6 is 0 Å². The monoisotopic (exact) mass is 499 g/mol. The molecule has 36 heavy (non-hydrogen) atoms. The summed E-state index contributed by atoms with van der Waals surface area (Å²) in [6, 6.07) is 6.71. The average Bonchev–Trinajstić information content (AvgIpc) is 2.87. The fourth-order valence-corrected chi connectivity index (χ4v) is 3.95. The number of fused-ring (bicyclic) bond motifs is 1. The summed E-state index contributed by atoms with van der Waals surface area (Å²) in [5.41, 5.74) is 0.135. The van der Waals surface area contributed by atoms with Crippen LogP contribution in [-0.4, -0.2) is 35.5 Å². The fourth-order valence-electron chi connectivity index (χ4n) is 3.95. The Morgan fingerprint density at radius 2 is 1.42 bits per heavy atom. The Hall–Kier alpha value is -3.55. The van der Waals surface area contributed by atoms with Gasteiger partial charge in [-0.25, -0.2) is 0 Å². The van der Waals surface area contributed by atoms with Gasteiger partial charge >= 0.3 is 0 Å². The van der Waals surface area contributed by atoms with Gasteiger partial charge in [-0.05, 0) is 18.6 Å². The van der Waals surface area contributed by atoms with E-state index in [1.165, 1.54) is 35.5 Å². The number of benzene rings is 2. The van der Waals surface area contributed by atoms with Gasteiger partial charge in [0.1, 0.15) is 22.5 Å². The zero-order valence-electron chi connectivity index (χ0n) is 22.5. The van der Waals surface area contributed by atoms with E-state index in [4.69, 9.17) is 32.8 Å². The highest BCUT2D eigenvalue weighted by molar-refractivity contribution is 5.89. The lowest BCUT2D eigenvalue weighted by Crippen LogP contribution is -2.26. The van der Waals surface area contributed by atoms with Crippen LogP contribution in [0.15, 0.2) is 33.5 Å². The minimum absolute atomic E-state index is 0.0543. The quantitative estimate of drug-likeness (QED) is 0.323. The highest BCUT2D eigenvalue weighted by Crippen LogP contribution is 2.45. The summed E-state index contributed by atoms with van der Waals surface area (Å²) in [6.07, 6.45) is 2.29. The van der Waals surface area contributed by atoms with Crippen molar-refractivity contribution in [1.29, 1.82) is 0 Å². The highest BCUT2D eigenvalue weighted by Gasteiger charge is 2.32. The van der Waals surface area contributed by atoms with Gasteiger partial charge in [0, 0.05) is 23.1 Å². The maximum Gasteiger partial charge on any atom is 0.239 e. The Balaban J connectivity index is 2.43. The number of rotatable bonds is 10. The molecule has 3 aromatic rings. The number of methoxy groups -OCH3 is 5. The standard InChI is InChI=1S/C28H35O8/c1-10-11-22(28(2,3)4)36-27-24(29)23-18(31-6)14-17(30-5)15-19(23)35-25(27)16-12-20(32-7)26(34-9)21(13-16)33-8/h12-15H,10-11H2,1-9H3. The van der Waals surface area contributed by atoms with Crippen molar-refractivity contribution in [3.8, 4) is 45.8 Å². The molecular formula is C28H35O8. The van der Waals surface area contributed by atoms with Crippen LogP contribution in [-0.2, 0) is 0 Å². The predicted octanol–water partition coefficient (Wildman–Crippen LogP) is 6.26. The molecule has 0 aliphatic heterocycles. The summed E-state index contributed by atoms with van der Waals surface area (Å²) >= 11 is 0. The van der Waals surface area contributed by atoms with Crippen LogP contribution in [0.3, 0.4) is 0 Å². The molecule has 195 valence electrons. The van der Waals surface area contributed by atoms with Crippen LogP contribution in [0.5, 0.6) is 34.5 Å². The third kappa shape index (κ3) is 5.17. The Morgan fingerprint density at radius 3 is 1.89 bits per heavy atom. The van der Waals surface area contributed by atoms with Gasteiger partial charge in [0.25, 0.3) is 0 Å². The topological polar surface area (TPSA) is 85.6 Å². The van der Waals surface area contributed by atoms with Gasteiger partial charge in [0.05, 0.1) is 35.5 Å². The van der Waals surface area contributed by atoms with Crippen LogP contribution < -0.4 is 33.8 Å². The molecule has 0 bridgehead atoms. The fraction of sp³-hybridized carbons (Fsp3) is 0.429. The average molecular weight is 500 g/mol. The third-order valence-corrected chi connectivity index (χ3v) is 5.81. The van der Waals surface area contributed by atoms with E-state index in [0.717, 1.165) is 12.5 Å². The smallest absolute Gasteiger partial charge is 0.239 e. The first kappa shape index (κ1) is 27.0. The number of ether oxygens (including phenoxy) is 6. The molecule has 0 atom stereocenters. The van der Waals surface area contributed by atoms with E-state index in [1.54, 1.807) is 24.3 Å². The van der Waals surface area contributed by atoms with Crippen molar-refractivity contribution in [2.24, 2.45) is 5.41 Å². The summed E-state index contributed by atoms with van der Waals surface area (Å²) in [7, 11) is 7.60. The molecule has 3 rings (SSSR count). The molecule has 0 aliphatic rings. The van der Waals surface area contributed by atoms with E-state index >= 15 is 0 Å². The highest BCUT2D eigenvalue weighted by atomic mass is 16.5. The minimum Gasteiger partial charge on any atom is -0.496 e. The molecule has 8 heteroatoms. The maximum atomic E-state index is 14.0. The van der Waals surface area contributed by atoms with Gasteiger partial charge in [-0.15, -0.1) is 0 Å². The molecular weight excluding hydrogens is 464 g/mol. The molecule has 0 aliphatic carbocycles. The van der Waals surface area contributed by atoms with E-state index in [2.05, 4.69) is 6.92 Å². The molecule has 2 aromatic carbocycles. The van der Waals surface area contributed by atoms with Crippen molar-refractivity contribution in [1.82, 2.24) is 0 Å².